The van der Waals surface area contributed by atoms with Crippen molar-refractivity contribution in [2.75, 3.05) is 6.54 Å². The normalized spacial score (nSPS) is 11.2. The van der Waals surface area contributed by atoms with Crippen molar-refractivity contribution in [3.63, 3.8) is 0 Å². The van der Waals surface area contributed by atoms with Crippen molar-refractivity contribution in [1.29, 1.82) is 0 Å². The van der Waals surface area contributed by atoms with Crippen molar-refractivity contribution in [2.45, 2.75) is 110 Å². The van der Waals surface area contributed by atoms with E-state index < -0.39 is 0 Å². The van der Waals surface area contributed by atoms with Crippen LogP contribution in [0.1, 0.15) is 110 Å². The Balaban J connectivity index is 2.91. The summed E-state index contributed by atoms with van der Waals surface area (Å²) in [4.78, 5) is 0. The minimum atomic E-state index is 0.975. The van der Waals surface area contributed by atoms with Crippen LogP contribution < -0.4 is 22.3 Å². The lowest BCUT2D eigenvalue weighted by molar-refractivity contribution is 0.431. The summed E-state index contributed by atoms with van der Waals surface area (Å²) in [5, 5.41) is 0. The van der Waals surface area contributed by atoms with Crippen molar-refractivity contribution in [2.24, 2.45) is 5.84 Å². The van der Waals surface area contributed by atoms with Gasteiger partial charge in [-0.1, -0.05) is 103 Å². The van der Waals surface area contributed by atoms with E-state index in [-0.39, 0.29) is 0 Å². The summed E-state index contributed by atoms with van der Waals surface area (Å²) in [6, 6.07) is 0. The van der Waals surface area contributed by atoms with Gasteiger partial charge in [0.15, 0.2) is 0 Å². The fourth-order valence-electron chi connectivity index (χ4n) is 2.88. The van der Waals surface area contributed by atoms with Gasteiger partial charge in [0.25, 0.3) is 0 Å². The number of hydrazine groups is 3. The number of rotatable bonds is 19. The third-order valence-corrected chi connectivity index (χ3v) is 4.32. The molecule has 5 N–H and O–H groups in total. The minimum Gasteiger partial charge on any atom is -0.257 e. The van der Waals surface area contributed by atoms with Gasteiger partial charge >= 0.3 is 0 Å². The molecule has 0 rings (SSSR count). The maximum atomic E-state index is 5.08. The zero-order chi connectivity index (χ0) is 16.1. The molecule has 0 aromatic carbocycles. The second kappa shape index (κ2) is 20.8. The van der Waals surface area contributed by atoms with Crippen LogP contribution in [0.4, 0.5) is 0 Å². The predicted octanol–water partition coefficient (Wildman–Crippen LogP) is 4.72. The smallest absolute Gasteiger partial charge is 0.0113 e. The SMILES string of the molecule is CCCCCCCCCCCCCCCCCCNNNN. The average Bonchev–Trinajstić information content (AvgIpc) is 2.54. The van der Waals surface area contributed by atoms with Gasteiger partial charge in [0.1, 0.15) is 0 Å². The molecular weight excluding hydrogens is 272 g/mol. The number of hydrogen-bond acceptors (Lipinski definition) is 4. The molecule has 0 bridgehead atoms. The number of hydrogen-bond donors (Lipinski definition) is 4. The maximum Gasteiger partial charge on any atom is 0.0113 e. The van der Waals surface area contributed by atoms with E-state index in [0.717, 1.165) is 6.54 Å². The van der Waals surface area contributed by atoms with Crippen LogP contribution >= 0.6 is 0 Å². The Kier molecular flexibility index (Phi) is 20.7. The van der Waals surface area contributed by atoms with Gasteiger partial charge in [-0.05, 0) is 6.42 Å². The summed E-state index contributed by atoms with van der Waals surface area (Å²) in [6.45, 7) is 3.26. The van der Waals surface area contributed by atoms with Crippen LogP contribution in [0.3, 0.4) is 0 Å². The molecule has 0 aliphatic carbocycles. The quantitative estimate of drug-likeness (QED) is 0.158. The Morgan fingerprint density at radius 2 is 0.909 bits per heavy atom. The van der Waals surface area contributed by atoms with Crippen molar-refractivity contribution in [1.82, 2.24) is 16.5 Å². The molecule has 0 aliphatic heterocycles. The van der Waals surface area contributed by atoms with Crippen LogP contribution in [0.15, 0.2) is 0 Å². The molecule has 0 radical (unpaired) electrons. The van der Waals surface area contributed by atoms with E-state index in [9.17, 15) is 0 Å². The fourth-order valence-corrected chi connectivity index (χ4v) is 2.88. The Morgan fingerprint density at radius 3 is 1.27 bits per heavy atom. The van der Waals surface area contributed by atoms with E-state index >= 15 is 0 Å². The highest BCUT2D eigenvalue weighted by molar-refractivity contribution is 4.50. The zero-order valence-corrected chi connectivity index (χ0v) is 15.1. The average molecular weight is 315 g/mol. The third kappa shape index (κ3) is 19.8. The molecule has 0 aromatic rings. The second-order valence-electron chi connectivity index (χ2n) is 6.50. The highest BCUT2D eigenvalue weighted by Gasteiger charge is 1.94. The van der Waals surface area contributed by atoms with Crippen molar-refractivity contribution in [3.05, 3.63) is 0 Å². The maximum absolute atomic E-state index is 5.08. The Hall–Kier alpha value is -0.160. The summed E-state index contributed by atoms with van der Waals surface area (Å²) in [6.07, 6.45) is 22.6. The lowest BCUT2D eigenvalue weighted by atomic mass is 10.0. The van der Waals surface area contributed by atoms with E-state index in [1.807, 2.05) is 0 Å². The summed E-state index contributed by atoms with van der Waals surface area (Å²) >= 11 is 0. The molecule has 134 valence electrons. The summed E-state index contributed by atoms with van der Waals surface area (Å²) in [5.74, 6) is 5.08. The highest BCUT2D eigenvalue weighted by Crippen LogP contribution is 2.13. The van der Waals surface area contributed by atoms with Crippen LogP contribution in [0.2, 0.25) is 0 Å². The largest absolute Gasteiger partial charge is 0.257 e. The van der Waals surface area contributed by atoms with E-state index in [1.165, 1.54) is 103 Å². The molecule has 0 aromatic heterocycles. The van der Waals surface area contributed by atoms with E-state index in [0.29, 0.717) is 0 Å². The topological polar surface area (TPSA) is 62.1 Å². The zero-order valence-electron chi connectivity index (χ0n) is 15.1. The van der Waals surface area contributed by atoms with Crippen LogP contribution in [0, 0.1) is 0 Å². The minimum absolute atomic E-state index is 0.975. The predicted molar refractivity (Wildman–Crippen MR) is 98.0 cm³/mol. The summed E-state index contributed by atoms with van der Waals surface area (Å²) in [5.41, 5.74) is 8.04. The summed E-state index contributed by atoms with van der Waals surface area (Å²) in [7, 11) is 0. The first-order chi connectivity index (χ1) is 10.9. The van der Waals surface area contributed by atoms with Gasteiger partial charge < -0.3 is 0 Å². The highest BCUT2D eigenvalue weighted by atomic mass is 15.7. The van der Waals surface area contributed by atoms with Crippen LogP contribution in [-0.2, 0) is 0 Å². The molecule has 0 aliphatic rings. The number of nitrogens with two attached hydrogens (primary N) is 1. The van der Waals surface area contributed by atoms with Crippen LogP contribution in [-0.4, -0.2) is 6.54 Å². The molecule has 0 fully saturated rings. The van der Waals surface area contributed by atoms with Crippen molar-refractivity contribution < 1.29 is 0 Å². The first-order valence-corrected chi connectivity index (χ1v) is 9.85. The van der Waals surface area contributed by atoms with Crippen molar-refractivity contribution >= 4 is 0 Å². The van der Waals surface area contributed by atoms with E-state index in [2.05, 4.69) is 23.4 Å². The third-order valence-electron chi connectivity index (χ3n) is 4.32. The Bertz CT molecular complexity index is 168. The molecule has 0 amide bonds. The fraction of sp³-hybridized carbons (Fsp3) is 1.00. The van der Waals surface area contributed by atoms with Crippen LogP contribution in [0.25, 0.3) is 0 Å². The molecule has 0 spiro atoms. The van der Waals surface area contributed by atoms with Crippen molar-refractivity contribution in [3.8, 4) is 0 Å². The molecule has 4 nitrogen and oxygen atoms in total. The standard InChI is InChI=1S/C18H42N4/c1-2-3-4-5-6-7-8-9-10-11-12-13-14-15-16-17-18-20-22-21-19/h20-22H,2-19H2,1H3. The summed E-state index contributed by atoms with van der Waals surface area (Å²) < 4.78 is 0. The molecule has 0 saturated heterocycles. The molecular formula is C18H42N4. The molecule has 22 heavy (non-hydrogen) atoms. The molecule has 0 saturated carbocycles. The van der Waals surface area contributed by atoms with Gasteiger partial charge in [0.05, 0.1) is 0 Å². The van der Waals surface area contributed by atoms with Gasteiger partial charge in [-0.15, -0.1) is 0 Å². The first-order valence-electron chi connectivity index (χ1n) is 9.85. The van der Waals surface area contributed by atoms with Crippen LogP contribution in [0.5, 0.6) is 0 Å². The second-order valence-corrected chi connectivity index (χ2v) is 6.50. The Labute approximate surface area is 139 Å². The van der Waals surface area contributed by atoms with Gasteiger partial charge in [-0.3, -0.25) is 5.84 Å². The van der Waals surface area contributed by atoms with Gasteiger partial charge in [0.2, 0.25) is 0 Å². The lowest BCUT2D eigenvalue weighted by Crippen LogP contribution is -2.47. The number of unbranched alkanes of at least 4 members (excludes halogenated alkanes) is 15. The lowest BCUT2D eigenvalue weighted by Gasteiger charge is -2.05. The van der Waals surface area contributed by atoms with E-state index in [1.54, 1.807) is 0 Å². The van der Waals surface area contributed by atoms with Gasteiger partial charge in [-0.25, -0.2) is 5.43 Å². The van der Waals surface area contributed by atoms with Gasteiger partial charge in [-0.2, -0.15) is 11.1 Å². The van der Waals surface area contributed by atoms with Gasteiger partial charge in [0, 0.05) is 6.54 Å². The first kappa shape index (κ1) is 21.8. The molecule has 0 heterocycles. The number of nitrogens with one attached hydrogen (secondary N) is 3. The van der Waals surface area contributed by atoms with E-state index in [4.69, 9.17) is 5.84 Å². The molecule has 0 atom stereocenters. The monoisotopic (exact) mass is 314 g/mol. The Morgan fingerprint density at radius 1 is 0.545 bits per heavy atom. The molecule has 0 unspecified atom stereocenters. The molecule has 4 heteroatoms.